The summed E-state index contributed by atoms with van der Waals surface area (Å²) in [5.74, 6) is -0.250. The summed E-state index contributed by atoms with van der Waals surface area (Å²) in [6.45, 7) is 1.37. The third-order valence-corrected chi connectivity index (χ3v) is 6.89. The molecule has 0 radical (unpaired) electrons. The predicted octanol–water partition coefficient (Wildman–Crippen LogP) is 3.67. The van der Waals surface area contributed by atoms with Crippen molar-refractivity contribution >= 4 is 17.4 Å². The Labute approximate surface area is 178 Å². The van der Waals surface area contributed by atoms with Crippen LogP contribution in [0, 0.1) is 11.6 Å². The zero-order valence-corrected chi connectivity index (χ0v) is 16.9. The lowest BCUT2D eigenvalue weighted by Gasteiger charge is -2.38. The molecule has 1 aromatic carbocycles. The normalized spacial score (nSPS) is 25.0. The molecule has 2 atom stereocenters. The van der Waals surface area contributed by atoms with E-state index in [1.165, 1.54) is 12.1 Å². The van der Waals surface area contributed by atoms with Crippen molar-refractivity contribution in [3.8, 4) is 0 Å². The van der Waals surface area contributed by atoms with Crippen molar-refractivity contribution in [2.24, 2.45) is 0 Å². The largest absolute Gasteiger partial charge is 0.357 e. The van der Waals surface area contributed by atoms with E-state index < -0.39 is 17.2 Å². The lowest BCUT2D eigenvalue weighted by molar-refractivity contribution is -0.140. The summed E-state index contributed by atoms with van der Waals surface area (Å²) < 4.78 is 35.9. The van der Waals surface area contributed by atoms with E-state index in [0.717, 1.165) is 17.5 Å². The van der Waals surface area contributed by atoms with Crippen LogP contribution in [-0.2, 0) is 9.53 Å². The second-order valence-electron chi connectivity index (χ2n) is 8.60. The van der Waals surface area contributed by atoms with Gasteiger partial charge >= 0.3 is 0 Å². The van der Waals surface area contributed by atoms with E-state index in [1.54, 1.807) is 11.1 Å². The molecule has 6 nitrogen and oxygen atoms in total. The van der Waals surface area contributed by atoms with Gasteiger partial charge in [-0.3, -0.25) is 9.20 Å². The van der Waals surface area contributed by atoms with Gasteiger partial charge in [0.1, 0.15) is 29.3 Å². The van der Waals surface area contributed by atoms with E-state index in [2.05, 4.69) is 16.0 Å². The van der Waals surface area contributed by atoms with Crippen LogP contribution >= 0.6 is 0 Å². The molecule has 160 valence electrons. The monoisotopic (exact) mass is 424 g/mol. The maximum Gasteiger partial charge on any atom is 0.257 e. The molecular formula is C23H22F2N4O2. The van der Waals surface area contributed by atoms with Crippen molar-refractivity contribution in [3.63, 3.8) is 0 Å². The first-order valence-corrected chi connectivity index (χ1v) is 10.7. The Bertz CT molecular complexity index is 1150. The maximum atomic E-state index is 13.8. The zero-order chi connectivity index (χ0) is 21.2. The number of hydrogen-bond donors (Lipinski definition) is 0. The number of piperidine rings is 1. The van der Waals surface area contributed by atoms with Crippen LogP contribution < -0.4 is 4.90 Å². The number of anilines is 1. The Morgan fingerprint density at radius 2 is 1.84 bits per heavy atom. The van der Waals surface area contributed by atoms with E-state index in [0.29, 0.717) is 44.3 Å². The standard InChI is InChI=1S/C23H22F2N4O2/c24-16-12-15(13-17(25)14-16)18-4-5-21-29(18)22(30)23(31-21)6-9-27(10-7-23)20-3-1-2-19-26-8-11-28(19)20/h1-3,8,11-14,18,21H,4-7,9-10H2. The van der Waals surface area contributed by atoms with Crippen molar-refractivity contribution < 1.29 is 18.3 Å². The summed E-state index contributed by atoms with van der Waals surface area (Å²) in [6.07, 6.45) is 5.86. The second kappa shape index (κ2) is 6.75. The number of imidazole rings is 1. The molecule has 5 heterocycles. The van der Waals surface area contributed by atoms with Crippen LogP contribution in [0.1, 0.15) is 37.3 Å². The Hall–Kier alpha value is -3.00. The quantitative estimate of drug-likeness (QED) is 0.630. The topological polar surface area (TPSA) is 50.1 Å². The number of ether oxygens (including phenoxy) is 1. The average molecular weight is 424 g/mol. The number of hydrogen-bond acceptors (Lipinski definition) is 4. The van der Waals surface area contributed by atoms with Crippen molar-refractivity contribution in [2.45, 2.75) is 43.6 Å². The van der Waals surface area contributed by atoms with Gasteiger partial charge in [0.25, 0.3) is 5.91 Å². The Kier molecular flexibility index (Phi) is 4.08. The van der Waals surface area contributed by atoms with E-state index >= 15 is 0 Å². The Balaban J connectivity index is 1.24. The first-order valence-electron chi connectivity index (χ1n) is 10.7. The lowest BCUT2D eigenvalue weighted by atomic mass is 9.89. The van der Waals surface area contributed by atoms with Crippen LogP contribution in [0.5, 0.6) is 0 Å². The van der Waals surface area contributed by atoms with Crippen LogP contribution in [0.3, 0.4) is 0 Å². The number of aromatic nitrogens is 2. The van der Waals surface area contributed by atoms with Gasteiger partial charge < -0.3 is 14.5 Å². The number of fused-ring (bicyclic) bond motifs is 2. The summed E-state index contributed by atoms with van der Waals surface area (Å²) in [4.78, 5) is 21.8. The van der Waals surface area contributed by atoms with Gasteiger partial charge in [0.2, 0.25) is 0 Å². The Morgan fingerprint density at radius 1 is 1.06 bits per heavy atom. The molecule has 2 unspecified atom stereocenters. The molecule has 2 aromatic heterocycles. The van der Waals surface area contributed by atoms with E-state index in [1.807, 2.05) is 22.7 Å². The molecule has 0 N–H and O–H groups in total. The number of carbonyl (C=O) groups is 1. The predicted molar refractivity (Wildman–Crippen MR) is 109 cm³/mol. The molecule has 31 heavy (non-hydrogen) atoms. The summed E-state index contributed by atoms with van der Waals surface area (Å²) >= 11 is 0. The number of pyridine rings is 1. The molecule has 0 bridgehead atoms. The molecule has 3 aliphatic heterocycles. The van der Waals surface area contributed by atoms with E-state index in [9.17, 15) is 13.6 Å². The smallest absolute Gasteiger partial charge is 0.257 e. The van der Waals surface area contributed by atoms with Gasteiger partial charge in [0.15, 0.2) is 5.60 Å². The fraction of sp³-hybridized carbons (Fsp3) is 0.391. The maximum absolute atomic E-state index is 13.8. The van der Waals surface area contributed by atoms with Crippen LogP contribution in [0.2, 0.25) is 0 Å². The first kappa shape index (κ1) is 18.7. The van der Waals surface area contributed by atoms with Crippen molar-refractivity contribution in [1.29, 1.82) is 0 Å². The second-order valence-corrected chi connectivity index (χ2v) is 8.60. The van der Waals surface area contributed by atoms with Crippen molar-refractivity contribution in [3.05, 3.63) is 66.0 Å². The highest BCUT2D eigenvalue weighted by atomic mass is 19.1. The molecule has 0 aliphatic carbocycles. The molecule has 3 aliphatic rings. The highest BCUT2D eigenvalue weighted by Gasteiger charge is 2.58. The third kappa shape index (κ3) is 2.85. The summed E-state index contributed by atoms with van der Waals surface area (Å²) in [6, 6.07) is 9.15. The lowest BCUT2D eigenvalue weighted by Crippen LogP contribution is -2.50. The van der Waals surface area contributed by atoms with Crippen LogP contribution in [0.15, 0.2) is 48.8 Å². The molecular weight excluding hydrogens is 402 g/mol. The highest BCUT2D eigenvalue weighted by Crippen LogP contribution is 2.48. The van der Waals surface area contributed by atoms with Gasteiger partial charge in [-0.2, -0.15) is 0 Å². The highest BCUT2D eigenvalue weighted by molar-refractivity contribution is 5.88. The SMILES string of the molecule is O=C1N2C(CCC2c2cc(F)cc(F)c2)OC12CCN(c1cccc3nccn13)CC2. The molecule has 0 saturated carbocycles. The van der Waals surface area contributed by atoms with Crippen LogP contribution in [0.4, 0.5) is 14.6 Å². The number of carbonyl (C=O) groups excluding carboxylic acids is 1. The first-order chi connectivity index (χ1) is 15.0. The van der Waals surface area contributed by atoms with Gasteiger partial charge in [-0.25, -0.2) is 13.8 Å². The molecule has 1 spiro atoms. The number of rotatable bonds is 2. The number of nitrogens with zero attached hydrogens (tertiary/aromatic N) is 4. The van der Waals surface area contributed by atoms with Crippen molar-refractivity contribution in [2.75, 3.05) is 18.0 Å². The third-order valence-electron chi connectivity index (χ3n) is 6.89. The minimum atomic E-state index is -0.853. The summed E-state index contributed by atoms with van der Waals surface area (Å²) in [7, 11) is 0. The van der Waals surface area contributed by atoms with Crippen LogP contribution in [0.25, 0.3) is 5.65 Å². The molecule has 3 fully saturated rings. The molecule has 6 rings (SSSR count). The number of benzene rings is 1. The molecule has 8 heteroatoms. The minimum absolute atomic E-state index is 0.0508. The van der Waals surface area contributed by atoms with Gasteiger partial charge in [-0.15, -0.1) is 0 Å². The fourth-order valence-corrected chi connectivity index (χ4v) is 5.43. The van der Waals surface area contributed by atoms with Gasteiger partial charge in [0.05, 0.1) is 6.04 Å². The molecule has 1 amide bonds. The van der Waals surface area contributed by atoms with Crippen molar-refractivity contribution in [1.82, 2.24) is 14.3 Å². The van der Waals surface area contributed by atoms with Gasteiger partial charge in [-0.1, -0.05) is 6.07 Å². The van der Waals surface area contributed by atoms with Gasteiger partial charge in [-0.05, 0) is 42.7 Å². The van der Waals surface area contributed by atoms with Crippen LogP contribution in [-0.4, -0.2) is 45.1 Å². The molecule has 3 aromatic rings. The zero-order valence-electron chi connectivity index (χ0n) is 16.9. The summed E-state index contributed by atoms with van der Waals surface area (Å²) in [5.41, 5.74) is 0.532. The minimum Gasteiger partial charge on any atom is -0.357 e. The molecule has 3 saturated heterocycles. The van der Waals surface area contributed by atoms with E-state index in [-0.39, 0.29) is 18.2 Å². The number of halogens is 2. The average Bonchev–Trinajstić information content (AvgIpc) is 3.45. The summed E-state index contributed by atoms with van der Waals surface area (Å²) in [5, 5.41) is 0. The number of amides is 1. The van der Waals surface area contributed by atoms with Gasteiger partial charge in [0, 0.05) is 44.4 Å². The van der Waals surface area contributed by atoms with E-state index in [4.69, 9.17) is 4.74 Å². The Morgan fingerprint density at radius 3 is 2.61 bits per heavy atom. The fourth-order valence-electron chi connectivity index (χ4n) is 5.43.